The summed E-state index contributed by atoms with van der Waals surface area (Å²) < 4.78 is 8.80. The maximum Gasteiger partial charge on any atom is 0.0629 e. The molecule has 0 spiro atoms. The fourth-order valence-corrected chi connectivity index (χ4v) is 3.96. The van der Waals surface area contributed by atoms with Gasteiger partial charge < -0.3 is 4.90 Å². The van der Waals surface area contributed by atoms with Crippen LogP contribution in [0.15, 0.2) is 140 Å². The maximum absolute atomic E-state index is 8.80. The Kier molecular flexibility index (Phi) is 5.77. The van der Waals surface area contributed by atoms with Crippen molar-refractivity contribution in [2.24, 2.45) is 0 Å². The number of hydrogen-bond acceptors (Lipinski definition) is 1. The Morgan fingerprint density at radius 1 is 0.485 bits per heavy atom. The molecule has 33 heavy (non-hydrogen) atoms. The molecule has 0 aliphatic carbocycles. The van der Waals surface area contributed by atoms with Crippen molar-refractivity contribution in [3.8, 4) is 11.1 Å². The van der Waals surface area contributed by atoms with Crippen LogP contribution in [0.2, 0.25) is 0 Å². The zero-order valence-corrected chi connectivity index (χ0v) is 18.3. The second-order valence-corrected chi connectivity index (χ2v) is 7.80. The molecule has 1 heteroatoms. The summed E-state index contributed by atoms with van der Waals surface area (Å²) in [4.78, 5) is 2.24. The molecule has 0 heterocycles. The van der Waals surface area contributed by atoms with Gasteiger partial charge in [-0.2, -0.15) is 0 Å². The molecule has 0 bridgehead atoms. The van der Waals surface area contributed by atoms with Gasteiger partial charge in [-0.15, -0.1) is 0 Å². The van der Waals surface area contributed by atoms with Crippen molar-refractivity contribution in [2.45, 2.75) is 0 Å². The summed E-state index contributed by atoms with van der Waals surface area (Å²) in [5.41, 5.74) is 7.40. The van der Waals surface area contributed by atoms with Gasteiger partial charge in [0.2, 0.25) is 0 Å². The average Bonchev–Trinajstić information content (AvgIpc) is 2.91. The van der Waals surface area contributed by atoms with Crippen LogP contribution in [0.4, 0.5) is 17.1 Å². The molecule has 0 saturated heterocycles. The fourth-order valence-electron chi connectivity index (χ4n) is 3.96. The van der Waals surface area contributed by atoms with Crippen LogP contribution in [0.25, 0.3) is 23.3 Å². The first kappa shape index (κ1) is 19.3. The summed E-state index contributed by atoms with van der Waals surface area (Å²) in [6.45, 7) is 0. The van der Waals surface area contributed by atoms with Gasteiger partial charge in [-0.1, -0.05) is 115 Å². The first-order valence-corrected chi connectivity index (χ1v) is 11.1. The molecule has 5 aromatic rings. The van der Waals surface area contributed by atoms with Crippen LogP contribution in [0.3, 0.4) is 0 Å². The van der Waals surface area contributed by atoms with E-state index in [0.717, 1.165) is 39.3 Å². The van der Waals surface area contributed by atoms with E-state index in [1.807, 2.05) is 54.6 Å². The highest BCUT2D eigenvalue weighted by Gasteiger charge is 2.11. The fraction of sp³-hybridized carbons (Fsp3) is 0. The van der Waals surface area contributed by atoms with E-state index in [1.165, 1.54) is 0 Å². The normalized spacial score (nSPS) is 11.6. The molecular weight excluding hydrogens is 398 g/mol. The minimum atomic E-state index is 0.496. The summed E-state index contributed by atoms with van der Waals surface area (Å²) in [5.74, 6) is 0. The maximum atomic E-state index is 8.80. The van der Waals surface area contributed by atoms with E-state index < -0.39 is 0 Å². The third kappa shape index (κ3) is 4.78. The van der Waals surface area contributed by atoms with E-state index in [1.54, 1.807) is 0 Å². The van der Waals surface area contributed by atoms with E-state index in [0.29, 0.717) is 6.05 Å². The topological polar surface area (TPSA) is 3.24 Å². The van der Waals surface area contributed by atoms with Gasteiger partial charge in [-0.05, 0) is 58.7 Å². The first-order valence-electron chi connectivity index (χ1n) is 11.6. The van der Waals surface area contributed by atoms with Gasteiger partial charge in [0.25, 0.3) is 0 Å². The van der Waals surface area contributed by atoms with Gasteiger partial charge in [-0.25, -0.2) is 0 Å². The van der Waals surface area contributed by atoms with Gasteiger partial charge >= 0.3 is 0 Å². The third-order valence-electron chi connectivity index (χ3n) is 5.59. The van der Waals surface area contributed by atoms with Crippen molar-refractivity contribution in [1.29, 1.82) is 0 Å². The van der Waals surface area contributed by atoms with E-state index in [9.17, 15) is 0 Å². The van der Waals surface area contributed by atoms with Crippen molar-refractivity contribution >= 4 is 29.2 Å². The Bertz CT molecular complexity index is 1340. The zero-order chi connectivity index (χ0) is 23.2. The minimum absolute atomic E-state index is 0.496. The molecule has 0 N–H and O–H groups in total. The van der Waals surface area contributed by atoms with Crippen LogP contribution in [0.5, 0.6) is 0 Å². The van der Waals surface area contributed by atoms with E-state index >= 15 is 0 Å². The third-order valence-corrected chi connectivity index (χ3v) is 5.59. The summed E-state index contributed by atoms with van der Waals surface area (Å²) in [7, 11) is 0. The highest BCUT2D eigenvalue weighted by molar-refractivity contribution is 5.82. The van der Waals surface area contributed by atoms with Crippen LogP contribution in [-0.2, 0) is 0 Å². The Balaban J connectivity index is 1.48. The molecule has 0 fully saturated rings. The first-order chi connectivity index (χ1) is 16.8. The molecule has 0 atom stereocenters. The molecule has 0 aromatic heterocycles. The number of benzene rings is 5. The van der Waals surface area contributed by atoms with Crippen molar-refractivity contribution in [3.05, 3.63) is 151 Å². The smallest absolute Gasteiger partial charge is 0.0629 e. The molecule has 5 rings (SSSR count). The van der Waals surface area contributed by atoms with Crippen molar-refractivity contribution in [2.75, 3.05) is 4.90 Å². The lowest BCUT2D eigenvalue weighted by Crippen LogP contribution is -2.09. The van der Waals surface area contributed by atoms with E-state index in [2.05, 4.69) is 95.9 Å². The SMILES string of the molecule is [2H]C(=Cc1ccc(N(c2ccccc2)c2ccccc2)cc1)c1ccccc1-c1ccccc1. The van der Waals surface area contributed by atoms with Crippen molar-refractivity contribution in [3.63, 3.8) is 0 Å². The molecule has 0 radical (unpaired) electrons. The largest absolute Gasteiger partial charge is 0.311 e. The molecular formula is C32H25N. The van der Waals surface area contributed by atoms with Crippen molar-refractivity contribution in [1.82, 2.24) is 0 Å². The Hall–Kier alpha value is -4.36. The van der Waals surface area contributed by atoms with Gasteiger partial charge in [0.1, 0.15) is 0 Å². The van der Waals surface area contributed by atoms with Gasteiger partial charge in [0.05, 0.1) is 1.37 Å². The van der Waals surface area contributed by atoms with Crippen LogP contribution < -0.4 is 4.90 Å². The summed E-state index contributed by atoms with van der Waals surface area (Å²) in [6.07, 6.45) is 1.93. The van der Waals surface area contributed by atoms with E-state index in [4.69, 9.17) is 1.37 Å². The second-order valence-electron chi connectivity index (χ2n) is 7.80. The average molecular weight is 425 g/mol. The number of hydrogen-bond donors (Lipinski definition) is 0. The number of nitrogens with zero attached hydrogens (tertiary/aromatic N) is 1. The van der Waals surface area contributed by atoms with Crippen LogP contribution in [-0.4, -0.2) is 0 Å². The van der Waals surface area contributed by atoms with Crippen molar-refractivity contribution < 1.29 is 1.37 Å². The minimum Gasteiger partial charge on any atom is -0.311 e. The highest BCUT2D eigenvalue weighted by atomic mass is 15.1. The molecule has 1 nitrogen and oxygen atoms in total. The Labute approximate surface area is 197 Å². The molecule has 0 saturated carbocycles. The van der Waals surface area contributed by atoms with Gasteiger partial charge in [0, 0.05) is 17.1 Å². The van der Waals surface area contributed by atoms with Crippen LogP contribution in [0.1, 0.15) is 12.5 Å². The summed E-state index contributed by atoms with van der Waals surface area (Å²) >= 11 is 0. The molecule has 0 unspecified atom stereocenters. The van der Waals surface area contributed by atoms with Gasteiger partial charge in [-0.3, -0.25) is 0 Å². The molecule has 158 valence electrons. The Morgan fingerprint density at radius 2 is 0.970 bits per heavy atom. The predicted octanol–water partition coefficient (Wildman–Crippen LogP) is 8.99. The summed E-state index contributed by atoms with van der Waals surface area (Å²) in [5, 5.41) is 0. The monoisotopic (exact) mass is 424 g/mol. The Morgan fingerprint density at radius 3 is 1.58 bits per heavy atom. The molecule has 5 aromatic carbocycles. The van der Waals surface area contributed by atoms with Gasteiger partial charge in [0.15, 0.2) is 0 Å². The van der Waals surface area contributed by atoms with Crippen LogP contribution in [0, 0.1) is 0 Å². The molecule has 0 aliphatic heterocycles. The lowest BCUT2D eigenvalue weighted by molar-refractivity contribution is 1.28. The number of rotatable bonds is 6. The lowest BCUT2D eigenvalue weighted by Gasteiger charge is -2.25. The highest BCUT2D eigenvalue weighted by Crippen LogP contribution is 2.34. The second kappa shape index (κ2) is 9.84. The lowest BCUT2D eigenvalue weighted by atomic mass is 9.99. The predicted molar refractivity (Wildman–Crippen MR) is 142 cm³/mol. The standard InChI is InChI=1S/C32H25N/c1-4-12-27(13-5-1)32-19-11-10-14-28(32)23-20-26-21-24-31(25-22-26)33(29-15-6-2-7-16-29)30-17-8-3-9-18-30/h1-25H/i23D. The molecule has 0 aliphatic rings. The zero-order valence-electron chi connectivity index (χ0n) is 19.3. The molecule has 0 amide bonds. The number of anilines is 3. The van der Waals surface area contributed by atoms with Crippen LogP contribution >= 0.6 is 0 Å². The summed E-state index contributed by atoms with van der Waals surface area (Å²) in [6, 6.07) is 48.0. The quantitative estimate of drug-likeness (QED) is 0.246. The number of para-hydroxylation sites is 2. The van der Waals surface area contributed by atoms with E-state index in [-0.39, 0.29) is 0 Å².